The third-order valence-electron chi connectivity index (χ3n) is 6.72. The van der Waals surface area contributed by atoms with Crippen molar-refractivity contribution in [1.29, 1.82) is 0 Å². The van der Waals surface area contributed by atoms with Crippen LogP contribution in [0.3, 0.4) is 0 Å². The minimum atomic E-state index is -0.954. The first-order valence-corrected chi connectivity index (χ1v) is 13.0. The third-order valence-corrected chi connectivity index (χ3v) is 7.22. The molecule has 2 N–H and O–H groups in total. The molecule has 1 aliphatic heterocycles. The van der Waals surface area contributed by atoms with Crippen LogP contribution in [0.5, 0.6) is 0 Å². The van der Waals surface area contributed by atoms with E-state index in [1.54, 1.807) is 48.2 Å². The number of carbonyl (C=O) groups is 2. The Morgan fingerprint density at radius 2 is 1.62 bits per heavy atom. The molecular formula is C29H29Cl2FN2O3. The van der Waals surface area contributed by atoms with Gasteiger partial charge in [0.1, 0.15) is 24.1 Å². The summed E-state index contributed by atoms with van der Waals surface area (Å²) in [4.78, 5) is 28.3. The van der Waals surface area contributed by atoms with E-state index >= 15 is 0 Å². The van der Waals surface area contributed by atoms with Crippen LogP contribution < -0.4 is 5.73 Å². The van der Waals surface area contributed by atoms with Crippen molar-refractivity contribution in [3.8, 4) is 0 Å². The minimum Gasteiger partial charge on any atom is -0.368 e. The van der Waals surface area contributed by atoms with Gasteiger partial charge in [0.2, 0.25) is 5.91 Å². The van der Waals surface area contributed by atoms with Crippen molar-refractivity contribution in [2.24, 2.45) is 5.73 Å². The lowest BCUT2D eigenvalue weighted by atomic mass is 9.88. The quantitative estimate of drug-likeness (QED) is 0.360. The predicted octanol–water partition coefficient (Wildman–Crippen LogP) is 6.35. The molecule has 3 aromatic rings. The van der Waals surface area contributed by atoms with Gasteiger partial charge >= 0.3 is 0 Å². The number of benzene rings is 3. The van der Waals surface area contributed by atoms with Crippen LogP contribution in [0.4, 0.5) is 4.39 Å². The van der Waals surface area contributed by atoms with Gasteiger partial charge in [-0.15, -0.1) is 0 Å². The molecule has 0 saturated carbocycles. The Labute approximate surface area is 226 Å². The average Bonchev–Trinajstić information content (AvgIpc) is 2.87. The average molecular weight is 543 g/mol. The lowest BCUT2D eigenvalue weighted by molar-refractivity contribution is -0.181. The molecule has 4 rings (SSSR count). The molecule has 0 aliphatic carbocycles. The summed E-state index contributed by atoms with van der Waals surface area (Å²) in [5, 5.41) is 1.10. The molecule has 1 saturated heterocycles. The highest BCUT2D eigenvalue weighted by atomic mass is 35.5. The molecule has 0 aromatic heterocycles. The van der Waals surface area contributed by atoms with Gasteiger partial charge in [-0.25, -0.2) is 4.39 Å². The number of nitrogens with two attached hydrogens (primary N) is 1. The van der Waals surface area contributed by atoms with Crippen LogP contribution in [0.15, 0.2) is 66.7 Å². The van der Waals surface area contributed by atoms with E-state index in [2.05, 4.69) is 0 Å². The van der Waals surface area contributed by atoms with Crippen LogP contribution in [-0.4, -0.2) is 28.9 Å². The maximum Gasteiger partial charge on any atom is 0.253 e. The molecule has 4 unspecified atom stereocenters. The number of halogens is 3. The van der Waals surface area contributed by atoms with E-state index in [-0.39, 0.29) is 18.1 Å². The lowest BCUT2D eigenvalue weighted by Crippen LogP contribution is -2.58. The molecule has 0 radical (unpaired) electrons. The molecule has 8 heteroatoms. The SMILES string of the molecule is CCCC(C(N)=O)N1C(=O)C(Cc2ccc(C)c(F)c2)OC(c2ccc(Cl)cc2)C1c1ccc(Cl)cc1. The van der Waals surface area contributed by atoms with Gasteiger partial charge in [-0.2, -0.15) is 0 Å². The number of primary amides is 1. The number of ether oxygens (including phenoxy) is 1. The van der Waals surface area contributed by atoms with Crippen molar-refractivity contribution >= 4 is 35.0 Å². The Bertz CT molecular complexity index is 1270. The summed E-state index contributed by atoms with van der Waals surface area (Å²) in [6, 6.07) is 17.6. The summed E-state index contributed by atoms with van der Waals surface area (Å²) in [5.41, 5.74) is 8.52. The van der Waals surface area contributed by atoms with Crippen LogP contribution in [0, 0.1) is 12.7 Å². The molecule has 1 aliphatic rings. The fraction of sp³-hybridized carbons (Fsp3) is 0.310. The molecule has 4 atom stereocenters. The number of amides is 2. The summed E-state index contributed by atoms with van der Waals surface area (Å²) in [6.07, 6.45) is -0.419. The van der Waals surface area contributed by atoms with Crippen LogP contribution in [-0.2, 0) is 20.7 Å². The number of nitrogens with zero attached hydrogens (tertiary/aromatic N) is 1. The van der Waals surface area contributed by atoms with Gasteiger partial charge in [0.05, 0.1) is 6.04 Å². The van der Waals surface area contributed by atoms with Crippen molar-refractivity contribution in [3.05, 3.63) is 105 Å². The van der Waals surface area contributed by atoms with Crippen molar-refractivity contribution < 1.29 is 18.7 Å². The summed E-state index contributed by atoms with van der Waals surface area (Å²) < 4.78 is 20.8. The summed E-state index contributed by atoms with van der Waals surface area (Å²) >= 11 is 12.3. The number of aryl methyl sites for hydroxylation is 1. The summed E-state index contributed by atoms with van der Waals surface area (Å²) in [6.45, 7) is 3.61. The minimum absolute atomic E-state index is 0.140. The predicted molar refractivity (Wildman–Crippen MR) is 143 cm³/mol. The Kier molecular flexibility index (Phi) is 8.53. The molecule has 3 aromatic carbocycles. The van der Waals surface area contributed by atoms with Gasteiger partial charge in [-0.1, -0.05) is 72.9 Å². The van der Waals surface area contributed by atoms with Gasteiger partial charge in [0, 0.05) is 16.5 Å². The zero-order valence-corrected chi connectivity index (χ0v) is 22.2. The Morgan fingerprint density at radius 3 is 2.16 bits per heavy atom. The first-order chi connectivity index (χ1) is 17.7. The standard InChI is InChI=1S/C29H29Cl2FN2O3/c1-3-4-24(28(33)35)34-26(19-7-11-21(30)12-8-19)27(20-9-13-22(31)14-10-20)37-25(29(34)36)16-18-6-5-17(2)23(32)15-18/h5-15,24-27H,3-4,16H2,1-2H3,(H2,33,35). The third kappa shape index (κ3) is 5.98. The maximum absolute atomic E-state index is 14.3. The fourth-order valence-electron chi connectivity index (χ4n) is 4.82. The van der Waals surface area contributed by atoms with E-state index in [1.807, 2.05) is 31.2 Å². The number of carbonyl (C=O) groups excluding carboxylic acids is 2. The highest BCUT2D eigenvalue weighted by Gasteiger charge is 2.47. The largest absolute Gasteiger partial charge is 0.368 e. The number of rotatable bonds is 8. The Morgan fingerprint density at radius 1 is 1.03 bits per heavy atom. The number of morpholine rings is 1. The van der Waals surface area contributed by atoms with Gasteiger partial charge in [-0.3, -0.25) is 9.59 Å². The van der Waals surface area contributed by atoms with Crippen molar-refractivity contribution in [3.63, 3.8) is 0 Å². The highest BCUT2D eigenvalue weighted by molar-refractivity contribution is 6.30. The van der Waals surface area contributed by atoms with E-state index in [9.17, 15) is 14.0 Å². The molecule has 0 spiro atoms. The highest BCUT2D eigenvalue weighted by Crippen LogP contribution is 2.44. The monoisotopic (exact) mass is 542 g/mol. The Balaban J connectivity index is 1.85. The zero-order valence-electron chi connectivity index (χ0n) is 20.7. The van der Waals surface area contributed by atoms with Crippen molar-refractivity contribution in [1.82, 2.24) is 4.90 Å². The Hall–Kier alpha value is -2.93. The van der Waals surface area contributed by atoms with Crippen LogP contribution in [0.2, 0.25) is 10.0 Å². The molecule has 2 amide bonds. The van der Waals surface area contributed by atoms with Crippen LogP contribution >= 0.6 is 23.2 Å². The summed E-state index contributed by atoms with van der Waals surface area (Å²) in [5.74, 6) is -1.32. The van der Waals surface area contributed by atoms with Gasteiger partial charge < -0.3 is 15.4 Å². The maximum atomic E-state index is 14.3. The molecule has 37 heavy (non-hydrogen) atoms. The van der Waals surface area contributed by atoms with Crippen molar-refractivity contribution in [2.45, 2.75) is 57.4 Å². The van der Waals surface area contributed by atoms with E-state index in [1.165, 1.54) is 6.07 Å². The number of hydrogen-bond acceptors (Lipinski definition) is 3. The molecule has 5 nitrogen and oxygen atoms in total. The molecule has 194 valence electrons. The van der Waals surface area contributed by atoms with E-state index in [4.69, 9.17) is 33.7 Å². The first-order valence-electron chi connectivity index (χ1n) is 12.2. The second-order valence-corrected chi connectivity index (χ2v) is 10.2. The van der Waals surface area contributed by atoms with Crippen LogP contribution in [0.1, 0.15) is 54.2 Å². The number of hydrogen-bond donors (Lipinski definition) is 1. The van der Waals surface area contributed by atoms with E-state index in [0.717, 1.165) is 11.1 Å². The first kappa shape index (κ1) is 27.1. The van der Waals surface area contributed by atoms with Crippen molar-refractivity contribution in [2.75, 3.05) is 0 Å². The smallest absolute Gasteiger partial charge is 0.253 e. The van der Waals surface area contributed by atoms with E-state index in [0.29, 0.717) is 34.0 Å². The van der Waals surface area contributed by atoms with Crippen LogP contribution in [0.25, 0.3) is 0 Å². The molecule has 1 fully saturated rings. The molecule has 1 heterocycles. The molecular weight excluding hydrogens is 514 g/mol. The second kappa shape index (κ2) is 11.6. The topological polar surface area (TPSA) is 72.6 Å². The molecule has 0 bridgehead atoms. The van der Waals surface area contributed by atoms with E-state index < -0.39 is 30.2 Å². The lowest BCUT2D eigenvalue weighted by Gasteiger charge is -2.47. The van der Waals surface area contributed by atoms with Gasteiger partial charge in [0.25, 0.3) is 5.91 Å². The summed E-state index contributed by atoms with van der Waals surface area (Å²) in [7, 11) is 0. The fourth-order valence-corrected chi connectivity index (χ4v) is 5.07. The normalized spacial score (nSPS) is 20.6. The van der Waals surface area contributed by atoms with Gasteiger partial charge in [0.15, 0.2) is 0 Å². The zero-order chi connectivity index (χ0) is 26.7. The van der Waals surface area contributed by atoms with Gasteiger partial charge in [-0.05, 0) is 65.9 Å². The second-order valence-electron chi connectivity index (χ2n) is 9.33.